The van der Waals surface area contributed by atoms with Crippen LogP contribution in [0.4, 0.5) is 14.5 Å². The second kappa shape index (κ2) is 6.03. The summed E-state index contributed by atoms with van der Waals surface area (Å²) in [5, 5.41) is 11.6. The Morgan fingerprint density at radius 2 is 2.24 bits per heavy atom. The number of ether oxygens (including phenoxy) is 1. The van der Waals surface area contributed by atoms with Gasteiger partial charge < -0.3 is 15.2 Å². The molecule has 0 radical (unpaired) electrons. The first-order valence-electron chi connectivity index (χ1n) is 5.07. The van der Waals surface area contributed by atoms with E-state index in [4.69, 9.17) is 5.11 Å². The van der Waals surface area contributed by atoms with Crippen molar-refractivity contribution in [3.05, 3.63) is 24.3 Å². The average Bonchev–Trinajstić information content (AvgIpc) is 2.25. The van der Waals surface area contributed by atoms with E-state index in [1.54, 1.807) is 13.0 Å². The molecule has 0 saturated heterocycles. The van der Waals surface area contributed by atoms with E-state index < -0.39 is 18.6 Å². The lowest BCUT2D eigenvalue weighted by Crippen LogP contribution is -2.28. The summed E-state index contributed by atoms with van der Waals surface area (Å²) in [4.78, 5) is 10.8. The molecule has 94 valence electrons. The molecule has 0 aliphatic carbocycles. The van der Waals surface area contributed by atoms with E-state index >= 15 is 0 Å². The van der Waals surface area contributed by atoms with Crippen LogP contribution in [-0.4, -0.2) is 23.7 Å². The maximum atomic E-state index is 12.0. The highest BCUT2D eigenvalue weighted by molar-refractivity contribution is 5.77. The van der Waals surface area contributed by atoms with Gasteiger partial charge in [-0.05, 0) is 18.6 Å². The molecule has 0 fully saturated rings. The van der Waals surface area contributed by atoms with Crippen molar-refractivity contribution in [2.75, 3.05) is 5.32 Å². The van der Waals surface area contributed by atoms with E-state index in [-0.39, 0.29) is 5.75 Å². The first kappa shape index (κ1) is 13.2. The molecule has 0 saturated carbocycles. The van der Waals surface area contributed by atoms with Gasteiger partial charge in [-0.25, -0.2) is 4.79 Å². The molecule has 0 spiro atoms. The Bertz CT molecular complexity index is 385. The van der Waals surface area contributed by atoms with E-state index in [1.165, 1.54) is 18.2 Å². The fourth-order valence-electron chi connectivity index (χ4n) is 1.30. The number of alkyl halides is 2. The zero-order chi connectivity index (χ0) is 12.8. The van der Waals surface area contributed by atoms with Crippen molar-refractivity contribution in [3.8, 4) is 5.75 Å². The first-order chi connectivity index (χ1) is 8.02. The van der Waals surface area contributed by atoms with E-state index in [0.29, 0.717) is 12.1 Å². The summed E-state index contributed by atoms with van der Waals surface area (Å²) in [6.07, 6.45) is 0.384. The van der Waals surface area contributed by atoms with Crippen LogP contribution < -0.4 is 10.1 Å². The van der Waals surface area contributed by atoms with Crippen molar-refractivity contribution in [2.45, 2.75) is 26.0 Å². The maximum absolute atomic E-state index is 12.0. The standard InChI is InChI=1S/C11H13F2NO3/c1-2-9(10(15)16)14-7-4-3-5-8(6-7)17-11(12)13/h3-6,9,11,14H,2H2,1H3,(H,15,16). The Hall–Kier alpha value is -1.85. The number of aliphatic carboxylic acids is 1. The third-order valence-electron chi connectivity index (χ3n) is 2.11. The number of anilines is 1. The van der Waals surface area contributed by atoms with Crippen molar-refractivity contribution >= 4 is 11.7 Å². The number of hydrogen-bond donors (Lipinski definition) is 2. The summed E-state index contributed by atoms with van der Waals surface area (Å²) >= 11 is 0. The van der Waals surface area contributed by atoms with Crippen molar-refractivity contribution < 1.29 is 23.4 Å². The Morgan fingerprint density at radius 1 is 1.53 bits per heavy atom. The molecule has 1 unspecified atom stereocenters. The highest BCUT2D eigenvalue weighted by Gasteiger charge is 2.14. The molecule has 0 heterocycles. The molecule has 2 N–H and O–H groups in total. The quantitative estimate of drug-likeness (QED) is 0.808. The zero-order valence-corrected chi connectivity index (χ0v) is 9.19. The van der Waals surface area contributed by atoms with Gasteiger partial charge >= 0.3 is 12.6 Å². The Labute approximate surface area is 97.2 Å². The van der Waals surface area contributed by atoms with Crippen LogP contribution in [0.25, 0.3) is 0 Å². The maximum Gasteiger partial charge on any atom is 0.387 e. The van der Waals surface area contributed by atoms with E-state index in [1.807, 2.05) is 0 Å². The van der Waals surface area contributed by atoms with E-state index in [0.717, 1.165) is 0 Å². The molecule has 1 aromatic carbocycles. The average molecular weight is 245 g/mol. The third kappa shape index (κ3) is 4.26. The fraction of sp³-hybridized carbons (Fsp3) is 0.364. The topological polar surface area (TPSA) is 58.6 Å². The Morgan fingerprint density at radius 3 is 2.76 bits per heavy atom. The van der Waals surface area contributed by atoms with Crippen molar-refractivity contribution in [2.24, 2.45) is 0 Å². The number of halogens is 2. The van der Waals surface area contributed by atoms with Gasteiger partial charge in [-0.3, -0.25) is 0 Å². The summed E-state index contributed by atoms with van der Waals surface area (Å²) in [5.41, 5.74) is 0.428. The molecular weight excluding hydrogens is 232 g/mol. The number of carboxylic acids is 1. The normalized spacial score (nSPS) is 12.2. The second-order valence-electron chi connectivity index (χ2n) is 3.35. The van der Waals surface area contributed by atoms with Crippen molar-refractivity contribution in [3.63, 3.8) is 0 Å². The molecule has 1 aromatic rings. The smallest absolute Gasteiger partial charge is 0.387 e. The van der Waals surface area contributed by atoms with Crippen LogP contribution in [0.5, 0.6) is 5.75 Å². The molecular formula is C11H13F2NO3. The van der Waals surface area contributed by atoms with Crippen LogP contribution in [0.15, 0.2) is 24.3 Å². The van der Waals surface area contributed by atoms with E-state index in [9.17, 15) is 13.6 Å². The molecule has 0 amide bonds. The Balaban J connectivity index is 2.74. The number of carboxylic acid groups (broad SMARTS) is 1. The van der Waals surface area contributed by atoms with Gasteiger partial charge in [0.2, 0.25) is 0 Å². The van der Waals surface area contributed by atoms with Gasteiger partial charge in [0.1, 0.15) is 11.8 Å². The lowest BCUT2D eigenvalue weighted by molar-refractivity contribution is -0.137. The summed E-state index contributed by atoms with van der Waals surface area (Å²) < 4.78 is 28.2. The van der Waals surface area contributed by atoms with Crippen LogP contribution in [0.1, 0.15) is 13.3 Å². The van der Waals surface area contributed by atoms with Crippen LogP contribution in [-0.2, 0) is 4.79 Å². The van der Waals surface area contributed by atoms with Crippen molar-refractivity contribution in [1.82, 2.24) is 0 Å². The molecule has 6 heteroatoms. The first-order valence-corrected chi connectivity index (χ1v) is 5.07. The highest BCUT2D eigenvalue weighted by atomic mass is 19.3. The number of carbonyl (C=O) groups is 1. The molecule has 0 aromatic heterocycles. The molecule has 1 rings (SSSR count). The zero-order valence-electron chi connectivity index (χ0n) is 9.19. The van der Waals surface area contributed by atoms with Crippen LogP contribution in [0, 0.1) is 0 Å². The molecule has 1 atom stereocenters. The van der Waals surface area contributed by atoms with Gasteiger partial charge in [-0.15, -0.1) is 0 Å². The predicted molar refractivity (Wildman–Crippen MR) is 58.4 cm³/mol. The summed E-state index contributed by atoms with van der Waals surface area (Å²) in [6, 6.07) is 5.05. The van der Waals surface area contributed by atoms with E-state index in [2.05, 4.69) is 10.1 Å². The molecule has 0 bridgehead atoms. The monoisotopic (exact) mass is 245 g/mol. The third-order valence-corrected chi connectivity index (χ3v) is 2.11. The molecule has 4 nitrogen and oxygen atoms in total. The second-order valence-corrected chi connectivity index (χ2v) is 3.35. The summed E-state index contributed by atoms with van der Waals surface area (Å²) in [7, 11) is 0. The van der Waals surface area contributed by atoms with Gasteiger partial charge in [0, 0.05) is 11.8 Å². The van der Waals surface area contributed by atoms with Gasteiger partial charge in [0.25, 0.3) is 0 Å². The molecule has 0 aliphatic rings. The van der Waals surface area contributed by atoms with Crippen LogP contribution in [0.3, 0.4) is 0 Å². The minimum Gasteiger partial charge on any atom is -0.480 e. The van der Waals surface area contributed by atoms with Crippen LogP contribution in [0.2, 0.25) is 0 Å². The minimum atomic E-state index is -2.90. The van der Waals surface area contributed by atoms with Crippen molar-refractivity contribution in [1.29, 1.82) is 0 Å². The molecule has 0 aliphatic heterocycles. The van der Waals surface area contributed by atoms with Gasteiger partial charge in [-0.2, -0.15) is 8.78 Å². The lowest BCUT2D eigenvalue weighted by atomic mass is 10.2. The highest BCUT2D eigenvalue weighted by Crippen LogP contribution is 2.20. The van der Waals surface area contributed by atoms with Gasteiger partial charge in [0.15, 0.2) is 0 Å². The summed E-state index contributed by atoms with van der Waals surface area (Å²) in [5.74, 6) is -1.00. The van der Waals surface area contributed by atoms with Gasteiger partial charge in [-0.1, -0.05) is 13.0 Å². The number of nitrogens with one attached hydrogen (secondary N) is 1. The molecule has 17 heavy (non-hydrogen) atoms. The van der Waals surface area contributed by atoms with Crippen LogP contribution >= 0.6 is 0 Å². The SMILES string of the molecule is CCC(Nc1cccc(OC(F)F)c1)C(=O)O. The number of rotatable bonds is 6. The largest absolute Gasteiger partial charge is 0.480 e. The number of benzene rings is 1. The van der Waals surface area contributed by atoms with Gasteiger partial charge in [0.05, 0.1) is 0 Å². The number of hydrogen-bond acceptors (Lipinski definition) is 3. The Kier molecular flexibility index (Phi) is 4.68. The summed E-state index contributed by atoms with van der Waals surface area (Å²) in [6.45, 7) is -1.18. The minimum absolute atomic E-state index is 0.00904. The predicted octanol–water partition coefficient (Wildman–Crippen LogP) is 2.56. The fourth-order valence-corrected chi connectivity index (χ4v) is 1.30. The lowest BCUT2D eigenvalue weighted by Gasteiger charge is -2.14.